The lowest BCUT2D eigenvalue weighted by atomic mass is 10.1. The predicted octanol–water partition coefficient (Wildman–Crippen LogP) is 4.11. The van der Waals surface area contributed by atoms with Crippen LogP contribution < -0.4 is 0 Å². The van der Waals surface area contributed by atoms with Crippen LogP contribution in [0.1, 0.15) is 11.3 Å². The van der Waals surface area contributed by atoms with E-state index in [-0.39, 0.29) is 22.5 Å². The Hall–Kier alpha value is -3.26. The van der Waals surface area contributed by atoms with E-state index in [0.717, 1.165) is 4.68 Å². The van der Waals surface area contributed by atoms with Crippen LogP contribution in [0.5, 0.6) is 0 Å². The molecule has 0 aliphatic heterocycles. The Kier molecular flexibility index (Phi) is 4.92. The number of halogens is 5. The lowest BCUT2D eigenvalue weighted by Crippen LogP contribution is -2.07. The van der Waals surface area contributed by atoms with Crippen LogP contribution in [0.25, 0.3) is 16.9 Å². The van der Waals surface area contributed by atoms with E-state index in [9.17, 15) is 30.4 Å². The maximum Gasteiger partial charge on any atom is 0.435 e. The molecule has 0 amide bonds. The highest BCUT2D eigenvalue weighted by Gasteiger charge is 2.35. The van der Waals surface area contributed by atoms with Crippen molar-refractivity contribution in [2.45, 2.75) is 11.1 Å². The normalized spacial score (nSPS) is 12.0. The quantitative estimate of drug-likeness (QED) is 0.590. The van der Waals surface area contributed by atoms with E-state index in [1.807, 2.05) is 6.07 Å². The van der Waals surface area contributed by atoms with E-state index in [0.29, 0.717) is 24.5 Å². The van der Waals surface area contributed by atoms with Crippen molar-refractivity contribution in [2.24, 2.45) is 0 Å². The van der Waals surface area contributed by atoms with Gasteiger partial charge >= 0.3 is 6.18 Å². The third-order valence-corrected chi connectivity index (χ3v) is 5.04. The van der Waals surface area contributed by atoms with Gasteiger partial charge in [0.25, 0.3) is 0 Å². The van der Waals surface area contributed by atoms with Crippen LogP contribution in [0.3, 0.4) is 0 Å². The number of hydrogen-bond acceptors (Lipinski definition) is 4. The van der Waals surface area contributed by atoms with Crippen molar-refractivity contribution in [3.8, 4) is 23.0 Å². The largest absolute Gasteiger partial charge is 0.435 e. The minimum absolute atomic E-state index is 0.0995. The van der Waals surface area contributed by atoms with Crippen molar-refractivity contribution in [3.63, 3.8) is 0 Å². The maximum absolute atomic E-state index is 14.3. The fourth-order valence-electron chi connectivity index (χ4n) is 2.66. The van der Waals surface area contributed by atoms with Crippen LogP contribution in [0.15, 0.2) is 47.4 Å². The molecule has 5 nitrogen and oxygen atoms in total. The fourth-order valence-corrected chi connectivity index (χ4v) is 3.49. The molecule has 0 aliphatic carbocycles. The first-order valence-corrected chi connectivity index (χ1v) is 9.68. The Labute approximate surface area is 161 Å². The van der Waals surface area contributed by atoms with Crippen LogP contribution in [0, 0.1) is 23.0 Å². The Morgan fingerprint density at radius 3 is 2.03 bits per heavy atom. The number of hydrogen-bond donors (Lipinski definition) is 0. The van der Waals surface area contributed by atoms with Gasteiger partial charge in [0.05, 0.1) is 23.0 Å². The minimum Gasteiger partial charge on any atom is -0.233 e. The van der Waals surface area contributed by atoms with Crippen LogP contribution >= 0.6 is 0 Å². The van der Waals surface area contributed by atoms with E-state index in [2.05, 4.69) is 5.10 Å². The second kappa shape index (κ2) is 6.97. The van der Waals surface area contributed by atoms with Crippen molar-refractivity contribution >= 4 is 9.84 Å². The summed E-state index contributed by atoms with van der Waals surface area (Å²) in [5, 5.41) is 12.3. The summed E-state index contributed by atoms with van der Waals surface area (Å²) in [6.07, 6.45) is -4.23. The smallest absolute Gasteiger partial charge is 0.233 e. The molecule has 0 radical (unpaired) electrons. The van der Waals surface area contributed by atoms with Gasteiger partial charge in [0.2, 0.25) is 0 Å². The molecule has 0 aliphatic rings. The van der Waals surface area contributed by atoms with Crippen molar-refractivity contribution in [1.29, 1.82) is 5.26 Å². The lowest BCUT2D eigenvalue weighted by Gasteiger charge is -2.10. The molecule has 0 saturated heterocycles. The summed E-state index contributed by atoms with van der Waals surface area (Å²) >= 11 is 0. The highest BCUT2D eigenvalue weighted by molar-refractivity contribution is 7.90. The van der Waals surface area contributed by atoms with Crippen LogP contribution in [0.2, 0.25) is 0 Å². The number of alkyl halides is 3. The number of nitriles is 1. The minimum atomic E-state index is -4.84. The molecule has 3 aromatic rings. The molecule has 0 fully saturated rings. The summed E-state index contributed by atoms with van der Waals surface area (Å²) in [7, 11) is -4.23. The number of nitrogens with zero attached hydrogens (tertiary/aromatic N) is 3. The summed E-state index contributed by atoms with van der Waals surface area (Å²) in [5.74, 6) is -2.88. The molecular weight excluding hydrogens is 417 g/mol. The van der Waals surface area contributed by atoms with Gasteiger partial charge in [-0.05, 0) is 42.5 Å². The van der Waals surface area contributed by atoms with Gasteiger partial charge in [-0.15, -0.1) is 0 Å². The molecule has 0 atom stereocenters. The maximum atomic E-state index is 14.3. The standard InChI is InChI=1S/C18H10F5N3O2S/c1-29(27,28)17-13(19)6-11(7-14(17)20)15-8-16(18(21,22)23)25-26(15)12-4-2-10(9-24)3-5-12/h2-8H,1H3. The van der Waals surface area contributed by atoms with Crippen molar-refractivity contribution in [3.05, 3.63) is 65.4 Å². The highest BCUT2D eigenvalue weighted by Crippen LogP contribution is 2.34. The molecule has 0 unspecified atom stereocenters. The topological polar surface area (TPSA) is 75.8 Å². The third kappa shape index (κ3) is 3.97. The first-order chi connectivity index (χ1) is 13.4. The molecule has 0 N–H and O–H groups in total. The zero-order chi connectivity index (χ0) is 21.6. The third-order valence-electron chi connectivity index (χ3n) is 3.91. The van der Waals surface area contributed by atoms with Gasteiger partial charge < -0.3 is 0 Å². The summed E-state index contributed by atoms with van der Waals surface area (Å²) in [6.45, 7) is 0. The van der Waals surface area contributed by atoms with E-state index in [1.165, 1.54) is 24.3 Å². The molecule has 3 rings (SSSR count). The lowest BCUT2D eigenvalue weighted by molar-refractivity contribution is -0.141. The van der Waals surface area contributed by atoms with Gasteiger partial charge in [0.1, 0.15) is 16.5 Å². The second-order valence-corrected chi connectivity index (χ2v) is 7.98. The summed E-state index contributed by atoms with van der Waals surface area (Å²) in [5.41, 5.74) is -1.64. The fraction of sp³-hybridized carbons (Fsp3) is 0.111. The molecule has 29 heavy (non-hydrogen) atoms. The molecule has 1 heterocycles. The Balaban J connectivity index is 2.26. The predicted molar refractivity (Wildman–Crippen MR) is 91.7 cm³/mol. The molecular formula is C18H10F5N3O2S. The molecule has 2 aromatic carbocycles. The summed E-state index contributed by atoms with van der Waals surface area (Å²) < 4.78 is 91.9. The van der Waals surface area contributed by atoms with E-state index < -0.39 is 38.2 Å². The molecule has 11 heteroatoms. The number of rotatable bonds is 3. The number of benzene rings is 2. The SMILES string of the molecule is CS(=O)(=O)c1c(F)cc(-c2cc(C(F)(F)F)nn2-c2ccc(C#N)cc2)cc1F. The Morgan fingerprint density at radius 2 is 1.59 bits per heavy atom. The van der Waals surface area contributed by atoms with Crippen molar-refractivity contribution in [1.82, 2.24) is 9.78 Å². The van der Waals surface area contributed by atoms with Gasteiger partial charge in [-0.3, -0.25) is 0 Å². The highest BCUT2D eigenvalue weighted by atomic mass is 32.2. The molecule has 150 valence electrons. The van der Waals surface area contributed by atoms with Gasteiger partial charge in [-0.1, -0.05) is 0 Å². The Bertz CT molecular complexity index is 1220. The van der Waals surface area contributed by atoms with Gasteiger partial charge in [-0.25, -0.2) is 21.9 Å². The summed E-state index contributed by atoms with van der Waals surface area (Å²) in [6, 6.07) is 8.98. The van der Waals surface area contributed by atoms with E-state index in [1.54, 1.807) is 0 Å². The Morgan fingerprint density at radius 1 is 1.03 bits per heavy atom. The first-order valence-electron chi connectivity index (χ1n) is 7.79. The first kappa shape index (κ1) is 20.5. The van der Waals surface area contributed by atoms with Crippen molar-refractivity contribution in [2.75, 3.05) is 6.26 Å². The zero-order valence-corrected chi connectivity index (χ0v) is 15.3. The van der Waals surface area contributed by atoms with E-state index in [4.69, 9.17) is 5.26 Å². The van der Waals surface area contributed by atoms with Crippen LogP contribution in [-0.4, -0.2) is 24.5 Å². The second-order valence-electron chi connectivity index (χ2n) is 6.02. The van der Waals surface area contributed by atoms with Gasteiger partial charge in [0, 0.05) is 11.8 Å². The number of aromatic nitrogens is 2. The summed E-state index contributed by atoms with van der Waals surface area (Å²) in [4.78, 5) is -1.18. The van der Waals surface area contributed by atoms with Gasteiger partial charge in [-0.2, -0.15) is 23.5 Å². The van der Waals surface area contributed by atoms with Gasteiger partial charge in [0.15, 0.2) is 15.5 Å². The number of sulfone groups is 1. The van der Waals surface area contributed by atoms with E-state index >= 15 is 0 Å². The molecule has 0 spiro atoms. The zero-order valence-electron chi connectivity index (χ0n) is 14.5. The molecule has 1 aromatic heterocycles. The van der Waals surface area contributed by atoms with Crippen LogP contribution in [0.4, 0.5) is 22.0 Å². The molecule has 0 bridgehead atoms. The average Bonchev–Trinajstić information content (AvgIpc) is 3.05. The van der Waals surface area contributed by atoms with Crippen molar-refractivity contribution < 1.29 is 30.4 Å². The average molecular weight is 427 g/mol. The van der Waals surface area contributed by atoms with Crippen LogP contribution in [-0.2, 0) is 16.0 Å². The monoisotopic (exact) mass is 427 g/mol. The molecule has 0 saturated carbocycles.